The van der Waals surface area contributed by atoms with E-state index in [4.69, 9.17) is 24.1 Å². The average Bonchev–Trinajstić information content (AvgIpc) is 2.47. The molecule has 0 aliphatic carbocycles. The van der Waals surface area contributed by atoms with Gasteiger partial charge >= 0.3 is 23.9 Å². The average molecular weight is 334 g/mol. The number of carbonyl (C=O) groups is 4. The molecular formula is C14H22O9. The number of hydrogen-bond acceptors (Lipinski definition) is 9. The van der Waals surface area contributed by atoms with Crippen LogP contribution in [0.1, 0.15) is 33.6 Å². The zero-order valence-corrected chi connectivity index (χ0v) is 13.5. The molecule has 0 saturated heterocycles. The highest BCUT2D eigenvalue weighted by atomic mass is 16.6. The van der Waals surface area contributed by atoms with Crippen molar-refractivity contribution in [3.63, 3.8) is 0 Å². The Balaban J connectivity index is 5.57. The third-order valence-corrected chi connectivity index (χ3v) is 2.56. The summed E-state index contributed by atoms with van der Waals surface area (Å²) in [4.78, 5) is 47.1. The van der Waals surface area contributed by atoms with Gasteiger partial charge in [0.1, 0.15) is 6.61 Å². The number of ether oxygens (including phenoxy) is 4. The number of aliphatic hydroxyl groups is 1. The van der Waals surface area contributed by atoms with Crippen LogP contribution in [0.25, 0.3) is 0 Å². The first-order valence-electron chi connectivity index (χ1n) is 7.16. The molecule has 0 unspecified atom stereocenters. The van der Waals surface area contributed by atoms with E-state index < -0.39 is 48.9 Å². The SMILES string of the molecule is CCOC(=O)CC(CC(=O)OCC)(OC(=O)CO)C(=O)OCC. The smallest absolute Gasteiger partial charge is 0.351 e. The molecule has 0 aliphatic rings. The lowest BCUT2D eigenvalue weighted by atomic mass is 9.95. The summed E-state index contributed by atoms with van der Waals surface area (Å²) < 4.78 is 19.1. The van der Waals surface area contributed by atoms with Crippen LogP contribution in [0.4, 0.5) is 0 Å². The standard InChI is InChI=1S/C14H22O9/c1-4-20-10(16)7-14(13(19)22-6-3,23-12(18)9-15)8-11(17)21-5-2/h15H,4-9H2,1-3H3. The monoisotopic (exact) mass is 334 g/mol. The molecule has 0 aromatic carbocycles. The fourth-order valence-electron chi connectivity index (χ4n) is 1.72. The van der Waals surface area contributed by atoms with E-state index in [0.29, 0.717) is 0 Å². The van der Waals surface area contributed by atoms with Crippen molar-refractivity contribution < 1.29 is 43.2 Å². The summed E-state index contributed by atoms with van der Waals surface area (Å²) >= 11 is 0. The van der Waals surface area contributed by atoms with E-state index >= 15 is 0 Å². The number of hydrogen-bond donors (Lipinski definition) is 1. The van der Waals surface area contributed by atoms with E-state index in [2.05, 4.69) is 0 Å². The predicted molar refractivity (Wildman–Crippen MR) is 75.0 cm³/mol. The summed E-state index contributed by atoms with van der Waals surface area (Å²) in [5.74, 6) is -4.01. The highest BCUT2D eigenvalue weighted by Gasteiger charge is 2.49. The third kappa shape index (κ3) is 7.09. The maximum Gasteiger partial charge on any atom is 0.351 e. The topological polar surface area (TPSA) is 125 Å². The second-order valence-electron chi connectivity index (χ2n) is 4.31. The zero-order chi connectivity index (χ0) is 17.9. The summed E-state index contributed by atoms with van der Waals surface area (Å²) in [7, 11) is 0. The Kier molecular flexibility index (Phi) is 9.56. The highest BCUT2D eigenvalue weighted by molar-refractivity contribution is 5.92. The van der Waals surface area contributed by atoms with Crippen LogP contribution in [0, 0.1) is 0 Å². The van der Waals surface area contributed by atoms with Crippen molar-refractivity contribution in [2.75, 3.05) is 26.4 Å². The van der Waals surface area contributed by atoms with Crippen molar-refractivity contribution in [1.29, 1.82) is 0 Å². The maximum absolute atomic E-state index is 12.2. The van der Waals surface area contributed by atoms with E-state index in [1.165, 1.54) is 6.92 Å². The molecule has 0 spiro atoms. The fourth-order valence-corrected chi connectivity index (χ4v) is 1.72. The van der Waals surface area contributed by atoms with E-state index in [1.807, 2.05) is 0 Å². The Bertz CT molecular complexity index is 410. The van der Waals surface area contributed by atoms with Gasteiger partial charge in [-0.3, -0.25) is 9.59 Å². The summed E-state index contributed by atoms with van der Waals surface area (Å²) in [6, 6.07) is 0. The van der Waals surface area contributed by atoms with E-state index in [1.54, 1.807) is 13.8 Å². The van der Waals surface area contributed by atoms with Gasteiger partial charge in [-0.05, 0) is 20.8 Å². The van der Waals surface area contributed by atoms with Gasteiger partial charge in [0.15, 0.2) is 0 Å². The second-order valence-corrected chi connectivity index (χ2v) is 4.31. The minimum atomic E-state index is -2.24. The molecule has 1 N–H and O–H groups in total. The maximum atomic E-state index is 12.2. The number of esters is 4. The molecule has 0 radical (unpaired) electrons. The van der Waals surface area contributed by atoms with Gasteiger partial charge in [0, 0.05) is 0 Å². The molecule has 9 nitrogen and oxygen atoms in total. The van der Waals surface area contributed by atoms with Gasteiger partial charge in [-0.1, -0.05) is 0 Å². The molecule has 132 valence electrons. The summed E-state index contributed by atoms with van der Waals surface area (Å²) in [5, 5.41) is 8.83. The molecule has 9 heteroatoms. The second kappa shape index (κ2) is 10.5. The van der Waals surface area contributed by atoms with Crippen LogP contribution in [0.2, 0.25) is 0 Å². The minimum absolute atomic E-state index is 0.0328. The van der Waals surface area contributed by atoms with E-state index in [9.17, 15) is 19.2 Å². The van der Waals surface area contributed by atoms with Gasteiger partial charge in [-0.2, -0.15) is 0 Å². The predicted octanol–water partition coefficient (Wildman–Crippen LogP) is -0.270. The van der Waals surface area contributed by atoms with Crippen LogP contribution < -0.4 is 0 Å². The van der Waals surface area contributed by atoms with Crippen LogP contribution in [0.5, 0.6) is 0 Å². The van der Waals surface area contributed by atoms with Crippen LogP contribution in [-0.2, 0) is 38.1 Å². The summed E-state index contributed by atoms with van der Waals surface area (Å²) in [6.07, 6.45) is -1.46. The molecule has 0 bridgehead atoms. The van der Waals surface area contributed by atoms with Gasteiger partial charge in [-0.25, -0.2) is 9.59 Å². The molecule has 0 amide bonds. The van der Waals surface area contributed by atoms with Gasteiger partial charge in [-0.15, -0.1) is 0 Å². The van der Waals surface area contributed by atoms with Crippen molar-refractivity contribution in [1.82, 2.24) is 0 Å². The van der Waals surface area contributed by atoms with Crippen molar-refractivity contribution in [2.45, 2.75) is 39.2 Å². The zero-order valence-electron chi connectivity index (χ0n) is 13.5. The Morgan fingerprint density at radius 3 is 1.57 bits per heavy atom. The first kappa shape index (κ1) is 20.8. The van der Waals surface area contributed by atoms with Gasteiger partial charge < -0.3 is 24.1 Å². The molecule has 0 aliphatic heterocycles. The van der Waals surface area contributed by atoms with Crippen molar-refractivity contribution in [3.8, 4) is 0 Å². The summed E-state index contributed by atoms with van der Waals surface area (Å²) in [6.45, 7) is 3.57. The van der Waals surface area contributed by atoms with Crippen LogP contribution >= 0.6 is 0 Å². The van der Waals surface area contributed by atoms with Crippen molar-refractivity contribution in [2.24, 2.45) is 0 Å². The Labute approximate surface area is 133 Å². The van der Waals surface area contributed by atoms with Crippen LogP contribution in [0.15, 0.2) is 0 Å². The molecule has 0 saturated carbocycles. The molecule has 0 fully saturated rings. The number of carbonyl (C=O) groups excluding carboxylic acids is 4. The largest absolute Gasteiger partial charge is 0.466 e. The number of aliphatic hydroxyl groups excluding tert-OH is 1. The molecule has 23 heavy (non-hydrogen) atoms. The normalized spacial score (nSPS) is 10.6. The first-order chi connectivity index (χ1) is 10.8. The quantitative estimate of drug-likeness (QED) is 0.424. The Hall–Kier alpha value is -2.16. The molecule has 0 aromatic rings. The third-order valence-electron chi connectivity index (χ3n) is 2.56. The molecular weight excluding hydrogens is 312 g/mol. The minimum Gasteiger partial charge on any atom is -0.466 e. The Morgan fingerprint density at radius 2 is 1.22 bits per heavy atom. The van der Waals surface area contributed by atoms with Crippen molar-refractivity contribution >= 4 is 23.9 Å². The fraction of sp³-hybridized carbons (Fsp3) is 0.714. The van der Waals surface area contributed by atoms with E-state index in [0.717, 1.165) is 0 Å². The van der Waals surface area contributed by atoms with Gasteiger partial charge in [0.2, 0.25) is 5.60 Å². The van der Waals surface area contributed by atoms with Crippen LogP contribution in [0.3, 0.4) is 0 Å². The molecule has 0 heterocycles. The first-order valence-corrected chi connectivity index (χ1v) is 7.16. The van der Waals surface area contributed by atoms with Gasteiger partial charge in [0.25, 0.3) is 0 Å². The Morgan fingerprint density at radius 1 is 0.783 bits per heavy atom. The van der Waals surface area contributed by atoms with Crippen LogP contribution in [-0.4, -0.2) is 61.0 Å². The van der Waals surface area contributed by atoms with Crippen molar-refractivity contribution in [3.05, 3.63) is 0 Å². The molecule has 0 aromatic heterocycles. The highest BCUT2D eigenvalue weighted by Crippen LogP contribution is 2.25. The lowest BCUT2D eigenvalue weighted by molar-refractivity contribution is -0.192. The number of rotatable bonds is 10. The molecule has 0 rings (SSSR count). The summed E-state index contributed by atoms with van der Waals surface area (Å²) in [5.41, 5.74) is -2.24. The molecule has 0 atom stereocenters. The van der Waals surface area contributed by atoms with E-state index in [-0.39, 0.29) is 19.8 Å². The lowest BCUT2D eigenvalue weighted by Gasteiger charge is -2.29. The lowest BCUT2D eigenvalue weighted by Crippen LogP contribution is -2.49. The van der Waals surface area contributed by atoms with Gasteiger partial charge in [0.05, 0.1) is 32.7 Å².